The SMILES string of the molecule is COc1ccccc1OCCOc1ccc(/C=C(\C#N)C(=O)Nc2ccc(C)cc2)cc1. The Balaban J connectivity index is 1.53. The van der Waals surface area contributed by atoms with Crippen LogP contribution >= 0.6 is 0 Å². The normalized spacial score (nSPS) is 10.7. The smallest absolute Gasteiger partial charge is 0.266 e. The summed E-state index contributed by atoms with van der Waals surface area (Å²) in [6.45, 7) is 2.68. The molecule has 0 atom stereocenters. The van der Waals surface area contributed by atoms with Gasteiger partial charge in [-0.2, -0.15) is 5.26 Å². The second kappa shape index (κ2) is 11.2. The van der Waals surface area contributed by atoms with E-state index >= 15 is 0 Å². The van der Waals surface area contributed by atoms with E-state index in [2.05, 4.69) is 5.32 Å². The Morgan fingerprint density at radius 2 is 1.59 bits per heavy atom. The third-order valence-corrected chi connectivity index (χ3v) is 4.54. The number of para-hydroxylation sites is 2. The molecule has 6 heteroatoms. The average molecular weight is 428 g/mol. The fourth-order valence-corrected chi connectivity index (χ4v) is 2.86. The highest BCUT2D eigenvalue weighted by molar-refractivity contribution is 6.09. The molecule has 3 aromatic carbocycles. The molecule has 1 amide bonds. The number of anilines is 1. The van der Waals surface area contributed by atoms with Gasteiger partial charge in [0, 0.05) is 5.69 Å². The van der Waals surface area contributed by atoms with E-state index in [1.54, 1.807) is 43.5 Å². The summed E-state index contributed by atoms with van der Waals surface area (Å²) in [5, 5.41) is 12.1. The molecule has 0 spiro atoms. The number of rotatable bonds is 9. The Labute approximate surface area is 187 Å². The lowest BCUT2D eigenvalue weighted by Crippen LogP contribution is -2.13. The molecule has 0 bridgehead atoms. The van der Waals surface area contributed by atoms with Crippen LogP contribution in [0.15, 0.2) is 78.4 Å². The van der Waals surface area contributed by atoms with E-state index in [1.807, 2.05) is 49.4 Å². The number of methoxy groups -OCH3 is 1. The van der Waals surface area contributed by atoms with E-state index in [0.717, 1.165) is 11.1 Å². The number of hydrogen-bond acceptors (Lipinski definition) is 5. The van der Waals surface area contributed by atoms with Crippen LogP contribution in [0.5, 0.6) is 17.2 Å². The van der Waals surface area contributed by atoms with Gasteiger partial charge in [0.1, 0.15) is 30.6 Å². The van der Waals surface area contributed by atoms with Gasteiger partial charge in [0.05, 0.1) is 7.11 Å². The Hall–Kier alpha value is -4.24. The number of carbonyl (C=O) groups is 1. The van der Waals surface area contributed by atoms with Crippen molar-refractivity contribution in [3.05, 3.63) is 89.5 Å². The van der Waals surface area contributed by atoms with Gasteiger partial charge >= 0.3 is 0 Å². The molecule has 0 saturated heterocycles. The molecule has 0 saturated carbocycles. The van der Waals surface area contributed by atoms with Crippen molar-refractivity contribution in [3.8, 4) is 23.3 Å². The summed E-state index contributed by atoms with van der Waals surface area (Å²) in [4.78, 5) is 12.4. The number of hydrogen-bond donors (Lipinski definition) is 1. The standard InChI is InChI=1S/C26H24N2O4/c1-19-7-11-22(12-8-19)28-26(29)21(18-27)17-20-9-13-23(14-10-20)31-15-16-32-25-6-4-3-5-24(25)30-2/h3-14,17H,15-16H2,1-2H3,(H,28,29)/b21-17+. The van der Waals surface area contributed by atoms with Crippen molar-refractivity contribution >= 4 is 17.7 Å². The van der Waals surface area contributed by atoms with Crippen molar-refractivity contribution in [1.29, 1.82) is 5.26 Å². The Kier molecular flexibility index (Phi) is 7.88. The molecule has 3 rings (SSSR count). The second-order valence-electron chi connectivity index (χ2n) is 6.91. The van der Waals surface area contributed by atoms with Gasteiger partial charge in [-0.25, -0.2) is 0 Å². The van der Waals surface area contributed by atoms with Crippen LogP contribution in [-0.2, 0) is 4.79 Å². The van der Waals surface area contributed by atoms with Crippen LogP contribution in [0.1, 0.15) is 11.1 Å². The molecule has 0 aliphatic heterocycles. The van der Waals surface area contributed by atoms with Crippen molar-refractivity contribution < 1.29 is 19.0 Å². The van der Waals surface area contributed by atoms with Gasteiger partial charge in [-0.05, 0) is 55.0 Å². The van der Waals surface area contributed by atoms with Gasteiger partial charge < -0.3 is 19.5 Å². The van der Waals surface area contributed by atoms with Crippen LogP contribution in [0.25, 0.3) is 6.08 Å². The van der Waals surface area contributed by atoms with Crippen molar-refractivity contribution in [1.82, 2.24) is 0 Å². The van der Waals surface area contributed by atoms with Crippen LogP contribution in [0.3, 0.4) is 0 Å². The predicted octanol–water partition coefficient (Wildman–Crippen LogP) is 5.01. The van der Waals surface area contributed by atoms with Gasteiger partial charge in [0.25, 0.3) is 5.91 Å². The van der Waals surface area contributed by atoms with Crippen LogP contribution < -0.4 is 19.5 Å². The quantitative estimate of drug-likeness (QED) is 0.294. The highest BCUT2D eigenvalue weighted by atomic mass is 16.5. The molecular formula is C26H24N2O4. The Morgan fingerprint density at radius 1 is 0.938 bits per heavy atom. The summed E-state index contributed by atoms with van der Waals surface area (Å²) in [5.74, 6) is 1.54. The lowest BCUT2D eigenvalue weighted by molar-refractivity contribution is -0.112. The van der Waals surface area contributed by atoms with Crippen LogP contribution in [-0.4, -0.2) is 26.2 Å². The number of benzene rings is 3. The minimum absolute atomic E-state index is 0.0180. The van der Waals surface area contributed by atoms with Gasteiger partial charge in [-0.3, -0.25) is 4.79 Å². The third kappa shape index (κ3) is 6.38. The highest BCUT2D eigenvalue weighted by Crippen LogP contribution is 2.25. The number of amides is 1. The monoisotopic (exact) mass is 428 g/mol. The molecular weight excluding hydrogens is 404 g/mol. The number of carbonyl (C=O) groups excluding carboxylic acids is 1. The van der Waals surface area contributed by atoms with Gasteiger partial charge in [-0.15, -0.1) is 0 Å². The zero-order valence-electron chi connectivity index (χ0n) is 18.0. The number of ether oxygens (including phenoxy) is 3. The molecule has 0 radical (unpaired) electrons. The highest BCUT2D eigenvalue weighted by Gasteiger charge is 2.09. The first kappa shape index (κ1) is 22.4. The van der Waals surface area contributed by atoms with E-state index in [-0.39, 0.29) is 5.57 Å². The zero-order valence-corrected chi connectivity index (χ0v) is 18.0. The van der Waals surface area contributed by atoms with E-state index in [0.29, 0.717) is 36.1 Å². The minimum Gasteiger partial charge on any atom is -0.493 e. The van der Waals surface area contributed by atoms with E-state index in [4.69, 9.17) is 14.2 Å². The molecule has 1 N–H and O–H groups in total. The summed E-state index contributed by atoms with van der Waals surface area (Å²) >= 11 is 0. The first-order valence-electron chi connectivity index (χ1n) is 10.1. The van der Waals surface area contributed by atoms with Gasteiger partial charge in [0.2, 0.25) is 0 Å². The summed E-state index contributed by atoms with van der Waals surface area (Å²) in [6.07, 6.45) is 1.54. The van der Waals surface area contributed by atoms with Crippen LogP contribution in [0.2, 0.25) is 0 Å². The zero-order chi connectivity index (χ0) is 22.8. The van der Waals surface area contributed by atoms with Gasteiger partial charge in [-0.1, -0.05) is 42.0 Å². The molecule has 0 aromatic heterocycles. The lowest BCUT2D eigenvalue weighted by atomic mass is 10.1. The fraction of sp³-hybridized carbons (Fsp3) is 0.154. The maximum Gasteiger partial charge on any atom is 0.266 e. The number of nitrogens with zero attached hydrogens (tertiary/aromatic N) is 1. The molecule has 162 valence electrons. The predicted molar refractivity (Wildman–Crippen MR) is 124 cm³/mol. The maximum absolute atomic E-state index is 12.4. The van der Waals surface area contributed by atoms with Crippen molar-refractivity contribution in [2.75, 3.05) is 25.6 Å². The molecule has 0 aliphatic carbocycles. The Morgan fingerprint density at radius 3 is 2.25 bits per heavy atom. The fourth-order valence-electron chi connectivity index (χ4n) is 2.86. The average Bonchev–Trinajstić information content (AvgIpc) is 2.82. The summed E-state index contributed by atoms with van der Waals surface area (Å²) in [7, 11) is 1.60. The molecule has 0 fully saturated rings. The molecule has 6 nitrogen and oxygen atoms in total. The molecule has 0 aliphatic rings. The molecule has 3 aromatic rings. The topological polar surface area (TPSA) is 80.6 Å². The van der Waals surface area contributed by atoms with Gasteiger partial charge in [0.15, 0.2) is 11.5 Å². The van der Waals surface area contributed by atoms with E-state index in [1.165, 1.54) is 6.08 Å². The molecule has 0 heterocycles. The largest absolute Gasteiger partial charge is 0.493 e. The second-order valence-corrected chi connectivity index (χ2v) is 6.91. The summed E-state index contributed by atoms with van der Waals surface area (Å²) < 4.78 is 16.6. The van der Waals surface area contributed by atoms with Crippen molar-refractivity contribution in [2.45, 2.75) is 6.92 Å². The Bertz CT molecular complexity index is 1110. The summed E-state index contributed by atoms with van der Waals surface area (Å²) in [6, 6.07) is 23.9. The molecule has 0 unspecified atom stereocenters. The van der Waals surface area contributed by atoms with E-state index in [9.17, 15) is 10.1 Å². The number of nitriles is 1. The number of aryl methyl sites for hydroxylation is 1. The first-order valence-corrected chi connectivity index (χ1v) is 10.1. The van der Waals surface area contributed by atoms with Crippen molar-refractivity contribution in [3.63, 3.8) is 0 Å². The first-order chi connectivity index (χ1) is 15.6. The van der Waals surface area contributed by atoms with Crippen LogP contribution in [0.4, 0.5) is 5.69 Å². The third-order valence-electron chi connectivity index (χ3n) is 4.54. The minimum atomic E-state index is -0.454. The van der Waals surface area contributed by atoms with E-state index < -0.39 is 5.91 Å². The maximum atomic E-state index is 12.4. The summed E-state index contributed by atoms with van der Waals surface area (Å²) in [5.41, 5.74) is 2.47. The van der Waals surface area contributed by atoms with Crippen LogP contribution in [0, 0.1) is 18.3 Å². The number of nitrogens with one attached hydrogen (secondary N) is 1. The van der Waals surface area contributed by atoms with Crippen molar-refractivity contribution in [2.24, 2.45) is 0 Å². The lowest BCUT2D eigenvalue weighted by Gasteiger charge is -2.11. The molecule has 32 heavy (non-hydrogen) atoms.